The van der Waals surface area contributed by atoms with E-state index in [0.717, 1.165) is 0 Å². The van der Waals surface area contributed by atoms with E-state index in [1.165, 1.54) is 0 Å². The minimum atomic E-state index is -1.15. The van der Waals surface area contributed by atoms with Gasteiger partial charge in [0.25, 0.3) is 0 Å². The van der Waals surface area contributed by atoms with Gasteiger partial charge in [-0.15, -0.1) is 0 Å². The average Bonchev–Trinajstić information content (AvgIpc) is 2.50. The van der Waals surface area contributed by atoms with Crippen molar-refractivity contribution >= 4 is 17.9 Å². The van der Waals surface area contributed by atoms with Crippen LogP contribution in [0.25, 0.3) is 0 Å². The van der Waals surface area contributed by atoms with E-state index in [1.54, 1.807) is 6.92 Å². The molecule has 1 amide bonds. The van der Waals surface area contributed by atoms with Gasteiger partial charge in [0.2, 0.25) is 5.91 Å². The first kappa shape index (κ1) is 11.1. The molecule has 1 rings (SSSR count). The van der Waals surface area contributed by atoms with Gasteiger partial charge < -0.3 is 15.4 Å². The Labute approximate surface area is 84.4 Å². The number of aliphatic carboxylic acids is 1. The molecular formula is C7H10N4O4. The van der Waals surface area contributed by atoms with Crippen LogP contribution >= 0.6 is 0 Å². The van der Waals surface area contributed by atoms with E-state index in [-0.39, 0.29) is 6.01 Å². The Morgan fingerprint density at radius 3 is 2.80 bits per heavy atom. The van der Waals surface area contributed by atoms with Crippen molar-refractivity contribution in [3.63, 3.8) is 0 Å². The fourth-order valence-corrected chi connectivity index (χ4v) is 0.827. The first-order chi connectivity index (χ1) is 6.99. The molecule has 4 N–H and O–H groups in total. The molecule has 82 valence electrons. The SMILES string of the molecule is Cc1noc(NC(=O)C(N)CC(=O)O)n1. The number of amides is 1. The molecule has 1 heterocycles. The molecule has 0 radical (unpaired) electrons. The van der Waals surface area contributed by atoms with Crippen LogP contribution < -0.4 is 11.1 Å². The molecule has 1 unspecified atom stereocenters. The number of nitrogens with zero attached hydrogens (tertiary/aromatic N) is 2. The number of carbonyl (C=O) groups excluding carboxylic acids is 1. The Bertz CT molecular complexity index is 375. The lowest BCUT2D eigenvalue weighted by Gasteiger charge is -2.06. The van der Waals surface area contributed by atoms with E-state index in [2.05, 4.69) is 20.0 Å². The molecule has 8 heteroatoms. The van der Waals surface area contributed by atoms with E-state index in [0.29, 0.717) is 5.82 Å². The van der Waals surface area contributed by atoms with Gasteiger partial charge in [0.05, 0.1) is 12.5 Å². The Morgan fingerprint density at radius 1 is 1.67 bits per heavy atom. The topological polar surface area (TPSA) is 131 Å². The zero-order chi connectivity index (χ0) is 11.4. The van der Waals surface area contributed by atoms with Crippen LogP contribution in [0.3, 0.4) is 0 Å². The van der Waals surface area contributed by atoms with Crippen molar-refractivity contribution < 1.29 is 19.2 Å². The molecule has 1 aromatic rings. The van der Waals surface area contributed by atoms with Crippen molar-refractivity contribution in [1.29, 1.82) is 0 Å². The smallest absolute Gasteiger partial charge is 0.328 e. The zero-order valence-corrected chi connectivity index (χ0v) is 7.93. The molecule has 0 saturated heterocycles. The van der Waals surface area contributed by atoms with E-state index < -0.39 is 24.3 Å². The molecule has 8 nitrogen and oxygen atoms in total. The Morgan fingerprint density at radius 2 is 2.33 bits per heavy atom. The predicted octanol–water partition coefficient (Wildman–Crippen LogP) is -0.881. The Kier molecular flexibility index (Phi) is 3.34. The van der Waals surface area contributed by atoms with Gasteiger partial charge in [0.1, 0.15) is 0 Å². The van der Waals surface area contributed by atoms with E-state index in [4.69, 9.17) is 10.8 Å². The number of aryl methyl sites for hydroxylation is 1. The maximum atomic E-state index is 11.2. The third-order valence-electron chi connectivity index (χ3n) is 1.49. The second-order valence-electron chi connectivity index (χ2n) is 2.84. The second-order valence-corrected chi connectivity index (χ2v) is 2.84. The molecular weight excluding hydrogens is 204 g/mol. The monoisotopic (exact) mass is 214 g/mol. The highest BCUT2D eigenvalue weighted by molar-refractivity contribution is 5.95. The van der Waals surface area contributed by atoms with Gasteiger partial charge >= 0.3 is 12.0 Å². The van der Waals surface area contributed by atoms with Crippen LogP contribution in [0.4, 0.5) is 6.01 Å². The molecule has 15 heavy (non-hydrogen) atoms. The number of aromatic nitrogens is 2. The first-order valence-corrected chi connectivity index (χ1v) is 4.07. The number of nitrogens with one attached hydrogen (secondary N) is 1. The van der Waals surface area contributed by atoms with Gasteiger partial charge in [-0.2, -0.15) is 4.98 Å². The van der Waals surface area contributed by atoms with Crippen LogP contribution in [0.15, 0.2) is 4.52 Å². The standard InChI is InChI=1S/C7H10N4O4/c1-3-9-7(15-11-3)10-6(14)4(8)2-5(12)13/h4H,2,8H2,1H3,(H,12,13)(H,9,10,11,14). The minimum absolute atomic E-state index is 0.0988. The first-order valence-electron chi connectivity index (χ1n) is 4.07. The van der Waals surface area contributed by atoms with Crippen molar-refractivity contribution in [3.8, 4) is 0 Å². The van der Waals surface area contributed by atoms with Crippen LogP contribution in [0, 0.1) is 6.92 Å². The van der Waals surface area contributed by atoms with Gasteiger partial charge in [0.15, 0.2) is 5.82 Å². The maximum absolute atomic E-state index is 11.2. The van der Waals surface area contributed by atoms with Gasteiger partial charge in [0, 0.05) is 0 Å². The molecule has 0 aliphatic heterocycles. The molecule has 0 bridgehead atoms. The number of carbonyl (C=O) groups is 2. The number of carboxylic acid groups (broad SMARTS) is 1. The maximum Gasteiger partial charge on any atom is 0.328 e. The lowest BCUT2D eigenvalue weighted by molar-refractivity contribution is -0.138. The fraction of sp³-hybridized carbons (Fsp3) is 0.429. The molecule has 0 aromatic carbocycles. The normalized spacial score (nSPS) is 12.1. The Balaban J connectivity index is 2.52. The lowest BCUT2D eigenvalue weighted by Crippen LogP contribution is -2.37. The van der Waals surface area contributed by atoms with Gasteiger partial charge in [-0.05, 0) is 6.92 Å². The largest absolute Gasteiger partial charge is 0.481 e. The summed E-state index contributed by atoms with van der Waals surface area (Å²) in [4.78, 5) is 25.2. The molecule has 1 atom stereocenters. The second kappa shape index (κ2) is 4.51. The van der Waals surface area contributed by atoms with E-state index >= 15 is 0 Å². The van der Waals surface area contributed by atoms with Crippen molar-refractivity contribution in [2.45, 2.75) is 19.4 Å². The van der Waals surface area contributed by atoms with Crippen LogP contribution in [0.1, 0.15) is 12.2 Å². The number of hydrogen-bond donors (Lipinski definition) is 3. The summed E-state index contributed by atoms with van der Waals surface area (Å²) in [7, 11) is 0. The number of carboxylic acids is 1. The highest BCUT2D eigenvalue weighted by atomic mass is 16.5. The highest BCUT2D eigenvalue weighted by Gasteiger charge is 2.18. The quantitative estimate of drug-likeness (QED) is 0.592. The van der Waals surface area contributed by atoms with E-state index in [9.17, 15) is 9.59 Å². The van der Waals surface area contributed by atoms with Crippen molar-refractivity contribution in [2.75, 3.05) is 5.32 Å². The summed E-state index contributed by atoms with van der Waals surface area (Å²) in [5.41, 5.74) is 5.29. The fourth-order valence-electron chi connectivity index (χ4n) is 0.827. The summed E-state index contributed by atoms with van der Waals surface area (Å²) < 4.78 is 4.59. The van der Waals surface area contributed by atoms with Crippen molar-refractivity contribution in [3.05, 3.63) is 5.82 Å². The summed E-state index contributed by atoms with van der Waals surface area (Å²) in [6.45, 7) is 1.58. The number of rotatable bonds is 4. The highest BCUT2D eigenvalue weighted by Crippen LogP contribution is 2.03. The molecule has 0 spiro atoms. The molecule has 0 saturated carbocycles. The van der Waals surface area contributed by atoms with Crippen LogP contribution in [-0.4, -0.2) is 33.2 Å². The third-order valence-corrected chi connectivity index (χ3v) is 1.49. The van der Waals surface area contributed by atoms with E-state index in [1.807, 2.05) is 0 Å². The number of anilines is 1. The third kappa shape index (κ3) is 3.35. The van der Waals surface area contributed by atoms with Crippen LogP contribution in [-0.2, 0) is 9.59 Å². The van der Waals surface area contributed by atoms with Crippen molar-refractivity contribution in [2.24, 2.45) is 5.73 Å². The number of nitrogens with two attached hydrogens (primary N) is 1. The lowest BCUT2D eigenvalue weighted by atomic mass is 10.2. The van der Waals surface area contributed by atoms with Crippen LogP contribution in [0.5, 0.6) is 0 Å². The summed E-state index contributed by atoms with van der Waals surface area (Å²) >= 11 is 0. The van der Waals surface area contributed by atoms with Crippen LogP contribution in [0.2, 0.25) is 0 Å². The summed E-state index contributed by atoms with van der Waals surface area (Å²) in [5.74, 6) is -1.47. The van der Waals surface area contributed by atoms with Crippen molar-refractivity contribution in [1.82, 2.24) is 10.1 Å². The molecule has 0 aliphatic carbocycles. The predicted molar refractivity (Wildman–Crippen MR) is 47.9 cm³/mol. The zero-order valence-electron chi connectivity index (χ0n) is 7.93. The average molecular weight is 214 g/mol. The van der Waals surface area contributed by atoms with Gasteiger partial charge in [-0.3, -0.25) is 14.9 Å². The summed E-state index contributed by atoms with van der Waals surface area (Å²) in [6.07, 6.45) is -0.459. The molecule has 0 aliphatic rings. The van der Waals surface area contributed by atoms with Gasteiger partial charge in [-0.1, -0.05) is 5.16 Å². The summed E-state index contributed by atoms with van der Waals surface area (Å²) in [5, 5.41) is 14.0. The Hall–Kier alpha value is -1.96. The number of hydrogen-bond acceptors (Lipinski definition) is 6. The van der Waals surface area contributed by atoms with Gasteiger partial charge in [-0.25, -0.2) is 0 Å². The molecule has 0 fully saturated rings. The molecule has 1 aromatic heterocycles. The minimum Gasteiger partial charge on any atom is -0.481 e. The summed E-state index contributed by atoms with van der Waals surface area (Å²) in [6, 6.07) is -1.24.